The maximum atomic E-state index is 10.00. The molecule has 3 rings (SSSR count). The molecule has 1 heterocycles. The van der Waals surface area contributed by atoms with Crippen LogP contribution in [0.25, 0.3) is 0 Å². The van der Waals surface area contributed by atoms with Crippen molar-refractivity contribution in [2.24, 2.45) is 0 Å². The Bertz CT molecular complexity index is 805. The van der Waals surface area contributed by atoms with E-state index in [1.165, 1.54) is 63.7 Å². The summed E-state index contributed by atoms with van der Waals surface area (Å²) in [5.41, 5.74) is 1.37. The van der Waals surface area contributed by atoms with Crippen LogP contribution < -0.4 is 19.5 Å². The first-order chi connectivity index (χ1) is 17.7. The van der Waals surface area contributed by atoms with Crippen LogP contribution in [0, 0.1) is 0 Å². The number of carbonyl (C=O) groups is 1. The third-order valence-electron chi connectivity index (χ3n) is 6.39. The first kappa shape index (κ1) is 29.7. The molecule has 1 atom stereocenters. The number of benzene rings is 2. The summed E-state index contributed by atoms with van der Waals surface area (Å²) in [4.78, 5) is 12.6. The van der Waals surface area contributed by atoms with Gasteiger partial charge in [-0.25, -0.2) is 0 Å². The number of methoxy groups -OCH3 is 1. The number of nitrogens with one attached hydrogen (secondary N) is 1. The fourth-order valence-corrected chi connectivity index (χ4v) is 4.21. The average molecular weight is 499 g/mol. The molecular formula is C30H46N2O4. The number of hydrogen-bond acceptors (Lipinski definition) is 6. The zero-order valence-corrected chi connectivity index (χ0v) is 22.5. The number of aldehydes is 1. The Balaban J connectivity index is 0.000000297. The Morgan fingerprint density at radius 1 is 0.889 bits per heavy atom. The molecule has 2 aromatic carbocycles. The second-order valence-corrected chi connectivity index (χ2v) is 9.14. The molecule has 1 fully saturated rings. The van der Waals surface area contributed by atoms with E-state index in [0.717, 1.165) is 36.6 Å². The van der Waals surface area contributed by atoms with E-state index in [1.807, 2.05) is 24.3 Å². The van der Waals surface area contributed by atoms with Crippen LogP contribution in [0.15, 0.2) is 48.5 Å². The van der Waals surface area contributed by atoms with Crippen LogP contribution in [0.3, 0.4) is 0 Å². The summed E-state index contributed by atoms with van der Waals surface area (Å²) in [6.45, 7) is 7.25. The van der Waals surface area contributed by atoms with E-state index in [0.29, 0.717) is 19.1 Å². The zero-order valence-electron chi connectivity index (χ0n) is 22.5. The minimum absolute atomic E-state index is 0.423. The third kappa shape index (κ3) is 11.9. The van der Waals surface area contributed by atoms with Crippen molar-refractivity contribution in [1.29, 1.82) is 0 Å². The Morgan fingerprint density at radius 2 is 1.50 bits per heavy atom. The second-order valence-electron chi connectivity index (χ2n) is 9.14. The van der Waals surface area contributed by atoms with Crippen molar-refractivity contribution in [3.63, 3.8) is 0 Å². The molecule has 1 N–H and O–H groups in total. The van der Waals surface area contributed by atoms with Crippen molar-refractivity contribution >= 4 is 6.29 Å². The Hall–Kier alpha value is -2.57. The van der Waals surface area contributed by atoms with Crippen LogP contribution in [0.2, 0.25) is 0 Å². The van der Waals surface area contributed by atoms with Gasteiger partial charge in [-0.1, -0.05) is 38.3 Å². The predicted molar refractivity (Wildman–Crippen MR) is 147 cm³/mol. The van der Waals surface area contributed by atoms with E-state index in [4.69, 9.17) is 14.2 Å². The molecule has 36 heavy (non-hydrogen) atoms. The first-order valence-corrected chi connectivity index (χ1v) is 13.5. The smallest absolute Gasteiger partial charge is 0.123 e. The topological polar surface area (TPSA) is 60.0 Å². The summed E-state index contributed by atoms with van der Waals surface area (Å²) < 4.78 is 16.1. The average Bonchev–Trinajstić information content (AvgIpc) is 3.44. The summed E-state index contributed by atoms with van der Waals surface area (Å²) >= 11 is 0. The highest BCUT2D eigenvalue weighted by atomic mass is 16.5. The Kier molecular flexibility index (Phi) is 15.4. The molecule has 0 spiro atoms. The molecule has 6 heteroatoms. The second kappa shape index (κ2) is 18.7. The van der Waals surface area contributed by atoms with E-state index < -0.39 is 0 Å². The van der Waals surface area contributed by atoms with Gasteiger partial charge in [0.2, 0.25) is 0 Å². The van der Waals surface area contributed by atoms with E-state index in [9.17, 15) is 4.79 Å². The molecule has 0 aromatic heterocycles. The summed E-state index contributed by atoms with van der Waals surface area (Å²) in [6.07, 6.45) is 10.2. The molecule has 0 saturated carbocycles. The Morgan fingerprint density at radius 3 is 2.08 bits per heavy atom. The van der Waals surface area contributed by atoms with Gasteiger partial charge in [0.15, 0.2) is 0 Å². The van der Waals surface area contributed by atoms with Crippen LogP contribution in [0.5, 0.6) is 17.2 Å². The monoisotopic (exact) mass is 498 g/mol. The molecule has 1 aliphatic heterocycles. The van der Waals surface area contributed by atoms with Gasteiger partial charge in [0.1, 0.15) is 23.5 Å². The van der Waals surface area contributed by atoms with Gasteiger partial charge in [0.05, 0.1) is 20.3 Å². The van der Waals surface area contributed by atoms with Gasteiger partial charge >= 0.3 is 0 Å². The molecule has 6 nitrogen and oxygen atoms in total. The van der Waals surface area contributed by atoms with Crippen LogP contribution in [0.4, 0.5) is 0 Å². The number of likely N-dealkylation sites (tertiary alicyclic amines) is 1. The van der Waals surface area contributed by atoms with Gasteiger partial charge in [-0.15, -0.1) is 0 Å². The van der Waals surface area contributed by atoms with Gasteiger partial charge < -0.3 is 29.2 Å². The van der Waals surface area contributed by atoms with Gasteiger partial charge in [0.25, 0.3) is 0 Å². The van der Waals surface area contributed by atoms with Gasteiger partial charge in [-0.05, 0) is 94.3 Å². The van der Waals surface area contributed by atoms with Gasteiger partial charge in [0, 0.05) is 12.5 Å². The highest BCUT2D eigenvalue weighted by molar-refractivity contribution is 5.49. The maximum Gasteiger partial charge on any atom is 0.123 e. The lowest BCUT2D eigenvalue weighted by Gasteiger charge is -2.21. The fraction of sp³-hybridized carbons (Fsp3) is 0.567. The fourth-order valence-electron chi connectivity index (χ4n) is 4.21. The minimum Gasteiger partial charge on any atom is -0.497 e. The molecular weight excluding hydrogens is 452 g/mol. The number of unbranched alkanes of at least 4 members (excludes halogenated alkanes) is 3. The number of rotatable bonds is 16. The lowest BCUT2D eigenvalue weighted by Crippen LogP contribution is -2.26. The number of carbonyl (C=O) groups excluding carboxylic acids is 1. The normalized spacial score (nSPS) is 14.0. The van der Waals surface area contributed by atoms with Crippen molar-refractivity contribution < 1.29 is 19.0 Å². The van der Waals surface area contributed by atoms with E-state index in [-0.39, 0.29) is 0 Å². The van der Waals surface area contributed by atoms with Gasteiger partial charge in [-0.3, -0.25) is 0 Å². The van der Waals surface area contributed by atoms with E-state index >= 15 is 0 Å². The Labute approximate surface area is 218 Å². The van der Waals surface area contributed by atoms with Crippen molar-refractivity contribution in [2.75, 3.05) is 47.0 Å². The number of hydrogen-bond donors (Lipinski definition) is 1. The van der Waals surface area contributed by atoms with Gasteiger partial charge in [-0.2, -0.15) is 0 Å². The summed E-state index contributed by atoms with van der Waals surface area (Å²) in [6, 6.07) is 16.4. The molecule has 1 unspecified atom stereocenters. The number of nitrogens with zero attached hydrogens (tertiary/aromatic N) is 1. The highest BCUT2D eigenvalue weighted by Crippen LogP contribution is 2.22. The van der Waals surface area contributed by atoms with Crippen LogP contribution in [-0.4, -0.2) is 58.2 Å². The summed E-state index contributed by atoms with van der Waals surface area (Å²) in [7, 11) is 3.68. The largest absolute Gasteiger partial charge is 0.497 e. The summed E-state index contributed by atoms with van der Waals surface area (Å²) in [5.74, 6) is 2.55. The lowest BCUT2D eigenvalue weighted by atomic mass is 10.0. The summed E-state index contributed by atoms with van der Waals surface area (Å²) in [5, 5.41) is 3.46. The molecule has 0 radical (unpaired) electrons. The van der Waals surface area contributed by atoms with Crippen molar-refractivity contribution in [3.8, 4) is 17.2 Å². The molecule has 1 aliphatic rings. The standard InChI is InChI=1S/C20H34N2O.C10H12O3/c1-3-4-5-8-17-23-19-11-9-18(10-12-19)20(21-2)13-16-22-14-6-7-15-22;1-12-9-3-5-10(6-4-9)13-8-2-7-11/h9-12,20-21H,3-8,13-17H2,1-2H3;3-7H,2,8H2,1H3. The van der Waals surface area contributed by atoms with Crippen LogP contribution in [-0.2, 0) is 4.79 Å². The van der Waals surface area contributed by atoms with E-state index in [2.05, 4.69) is 48.5 Å². The molecule has 200 valence electrons. The molecule has 2 aromatic rings. The minimum atomic E-state index is 0.423. The van der Waals surface area contributed by atoms with Crippen molar-refractivity contribution in [2.45, 2.75) is 64.3 Å². The highest BCUT2D eigenvalue weighted by Gasteiger charge is 2.15. The molecule has 0 bridgehead atoms. The molecule has 1 saturated heterocycles. The van der Waals surface area contributed by atoms with Crippen molar-refractivity contribution in [1.82, 2.24) is 10.2 Å². The maximum absolute atomic E-state index is 10.00. The molecule has 0 aliphatic carbocycles. The predicted octanol–water partition coefficient (Wildman–Crippen LogP) is 6.06. The van der Waals surface area contributed by atoms with Crippen LogP contribution in [0.1, 0.15) is 69.9 Å². The third-order valence-corrected chi connectivity index (χ3v) is 6.39. The first-order valence-electron chi connectivity index (χ1n) is 13.5. The molecule has 0 amide bonds. The van der Waals surface area contributed by atoms with Crippen LogP contribution >= 0.6 is 0 Å². The van der Waals surface area contributed by atoms with Crippen molar-refractivity contribution in [3.05, 3.63) is 54.1 Å². The quantitative estimate of drug-likeness (QED) is 0.224. The van der Waals surface area contributed by atoms with E-state index in [1.54, 1.807) is 7.11 Å². The number of ether oxygens (including phenoxy) is 3. The SMILES string of the molecule is CCCCCCOc1ccc(C(CCN2CCCC2)NC)cc1.COc1ccc(OCCC=O)cc1. The zero-order chi connectivity index (χ0) is 25.8. The lowest BCUT2D eigenvalue weighted by molar-refractivity contribution is -0.108.